The first-order chi connectivity index (χ1) is 16.7. The minimum absolute atomic E-state index is 0.00324. The van der Waals surface area contributed by atoms with Crippen LogP contribution < -0.4 is 20.8 Å². The normalized spacial score (nSPS) is 17.7. The molecular weight excluding hydrogens is 464 g/mol. The van der Waals surface area contributed by atoms with E-state index in [-0.39, 0.29) is 36.9 Å². The van der Waals surface area contributed by atoms with Crippen molar-refractivity contribution in [2.24, 2.45) is 0 Å². The largest absolute Gasteiger partial charge is 0.487 e. The first-order valence-electron chi connectivity index (χ1n) is 11.4. The zero-order valence-corrected chi connectivity index (χ0v) is 19.6. The third kappa shape index (κ3) is 6.64. The fraction of sp³-hybridized carbons (Fsp3) is 0.458. The fourth-order valence-electron chi connectivity index (χ4n) is 3.67. The van der Waals surface area contributed by atoms with Crippen molar-refractivity contribution in [1.82, 2.24) is 15.2 Å². The van der Waals surface area contributed by atoms with Gasteiger partial charge in [-0.2, -0.15) is 0 Å². The second-order valence-corrected chi connectivity index (χ2v) is 8.34. The summed E-state index contributed by atoms with van der Waals surface area (Å²) in [6.45, 7) is 4.13. The van der Waals surface area contributed by atoms with E-state index in [9.17, 15) is 28.3 Å². The van der Waals surface area contributed by atoms with Crippen LogP contribution in [0.2, 0.25) is 0 Å². The van der Waals surface area contributed by atoms with Crippen molar-refractivity contribution < 1.29 is 33.0 Å². The van der Waals surface area contributed by atoms with Crippen LogP contribution in [0.3, 0.4) is 0 Å². The summed E-state index contributed by atoms with van der Waals surface area (Å²) in [6, 6.07) is 3.06. The molecule has 1 aromatic heterocycles. The number of unbranched alkanes of at least 4 members (excludes halogenated alkanes) is 1. The van der Waals surface area contributed by atoms with Gasteiger partial charge in [-0.25, -0.2) is 13.6 Å². The number of rotatable bonds is 10. The van der Waals surface area contributed by atoms with E-state index in [0.717, 1.165) is 25.1 Å². The van der Waals surface area contributed by atoms with Crippen molar-refractivity contribution in [3.05, 3.63) is 63.1 Å². The van der Waals surface area contributed by atoms with Gasteiger partial charge in [0.2, 0.25) is 5.43 Å². The minimum Gasteiger partial charge on any atom is -0.487 e. The van der Waals surface area contributed by atoms with Gasteiger partial charge in [0.05, 0.1) is 19.8 Å². The van der Waals surface area contributed by atoms with Crippen molar-refractivity contribution in [3.63, 3.8) is 0 Å². The third-order valence-corrected chi connectivity index (χ3v) is 5.59. The molecule has 35 heavy (non-hydrogen) atoms. The highest BCUT2D eigenvalue weighted by molar-refractivity contribution is 5.96. The second-order valence-electron chi connectivity index (χ2n) is 8.34. The monoisotopic (exact) mass is 493 g/mol. The number of nitrogens with one attached hydrogen (secondary N) is 2. The summed E-state index contributed by atoms with van der Waals surface area (Å²) in [4.78, 5) is 38.1. The molecule has 2 aromatic rings. The van der Waals surface area contributed by atoms with Crippen LogP contribution in [0.1, 0.15) is 59.5 Å². The Bertz CT molecular complexity index is 1140. The van der Waals surface area contributed by atoms with Crippen molar-refractivity contribution in [2.75, 3.05) is 13.2 Å². The molecule has 0 spiro atoms. The number of hydrogen-bond donors (Lipinski definition) is 3. The number of carboxylic acids is 1. The molecule has 11 heteroatoms. The molecule has 0 saturated carbocycles. The second kappa shape index (κ2) is 11.9. The highest BCUT2D eigenvalue weighted by atomic mass is 19.1. The fourth-order valence-corrected chi connectivity index (χ4v) is 3.67. The van der Waals surface area contributed by atoms with Gasteiger partial charge in [-0.1, -0.05) is 19.4 Å². The minimum atomic E-state index is -1.39. The number of aromatic nitrogens is 1. The molecular formula is C24H29F2N3O6. The van der Waals surface area contributed by atoms with Crippen molar-refractivity contribution in [1.29, 1.82) is 0 Å². The zero-order valence-electron chi connectivity index (χ0n) is 19.6. The highest BCUT2D eigenvalue weighted by Crippen LogP contribution is 2.19. The number of benzene rings is 1. The number of carboxylic acid groups (broad SMARTS) is 1. The van der Waals surface area contributed by atoms with Gasteiger partial charge in [-0.3, -0.25) is 14.9 Å². The van der Waals surface area contributed by atoms with Crippen LogP contribution in [0.4, 0.5) is 8.78 Å². The molecule has 1 saturated heterocycles. The number of pyridine rings is 1. The Labute approximate surface area is 201 Å². The van der Waals surface area contributed by atoms with E-state index in [4.69, 9.17) is 9.47 Å². The number of halogens is 2. The molecule has 1 fully saturated rings. The lowest BCUT2D eigenvalue weighted by Crippen LogP contribution is -2.47. The highest BCUT2D eigenvalue weighted by Gasteiger charge is 2.28. The molecule has 0 unspecified atom stereocenters. The molecule has 3 rings (SSSR count). The number of carbonyl (C=O) groups is 2. The number of aromatic carboxylic acids is 1. The topological polar surface area (TPSA) is 119 Å². The molecule has 0 bridgehead atoms. The van der Waals surface area contributed by atoms with Crippen molar-refractivity contribution in [3.8, 4) is 5.75 Å². The number of hydrogen-bond acceptors (Lipinski definition) is 6. The van der Waals surface area contributed by atoms with E-state index in [1.54, 1.807) is 0 Å². The first kappa shape index (κ1) is 26.3. The number of amides is 1. The summed E-state index contributed by atoms with van der Waals surface area (Å²) >= 11 is 0. The van der Waals surface area contributed by atoms with Gasteiger partial charge >= 0.3 is 5.97 Å². The van der Waals surface area contributed by atoms with E-state index in [2.05, 4.69) is 10.6 Å². The standard InChI is InChI=1S/C24H29F2N3O6/c1-3-4-8-35-22-20(24(32)33)29(13-19-28-14(2)7-9-34-19)12-17(21(22)30)23(31)27-11-15-5-6-16(25)10-18(15)26/h5-6,10,12,14,19,28H,3-4,7-9,11,13H2,1-2H3,(H,27,31)(H,32,33)/t14-,19-/m0/s1. The van der Waals surface area contributed by atoms with Crippen molar-refractivity contribution >= 4 is 11.9 Å². The molecule has 2 heterocycles. The van der Waals surface area contributed by atoms with Gasteiger partial charge in [0, 0.05) is 30.4 Å². The summed E-state index contributed by atoms with van der Waals surface area (Å²) in [5.41, 5.74) is -1.63. The zero-order chi connectivity index (χ0) is 25.5. The summed E-state index contributed by atoms with van der Waals surface area (Å²) < 4.78 is 39.6. The lowest BCUT2D eigenvalue weighted by atomic mass is 10.1. The van der Waals surface area contributed by atoms with E-state index >= 15 is 0 Å². The van der Waals surface area contributed by atoms with Crippen LogP contribution in [-0.4, -0.2) is 47.0 Å². The van der Waals surface area contributed by atoms with Crippen molar-refractivity contribution in [2.45, 2.75) is 58.5 Å². The number of nitrogens with zero attached hydrogens (tertiary/aromatic N) is 1. The van der Waals surface area contributed by atoms with Gasteiger partial charge in [0.1, 0.15) is 23.4 Å². The van der Waals surface area contributed by atoms with E-state index in [1.165, 1.54) is 10.6 Å². The van der Waals surface area contributed by atoms with Crippen LogP contribution in [0.25, 0.3) is 0 Å². The Kier molecular flexibility index (Phi) is 8.94. The van der Waals surface area contributed by atoms with Crippen LogP contribution in [0, 0.1) is 11.6 Å². The molecule has 1 aliphatic rings. The Hall–Kier alpha value is -3.31. The van der Waals surface area contributed by atoms with E-state index in [0.29, 0.717) is 19.1 Å². The van der Waals surface area contributed by atoms with E-state index < -0.39 is 46.6 Å². The number of carbonyl (C=O) groups excluding carboxylic acids is 1. The quantitative estimate of drug-likeness (QED) is 0.436. The Morgan fingerprint density at radius 2 is 2.11 bits per heavy atom. The molecule has 2 atom stereocenters. The summed E-state index contributed by atoms with van der Waals surface area (Å²) in [6.07, 6.45) is 2.69. The van der Waals surface area contributed by atoms with Crippen LogP contribution in [-0.2, 0) is 17.8 Å². The van der Waals surface area contributed by atoms with Gasteiger partial charge in [0.15, 0.2) is 11.4 Å². The first-order valence-corrected chi connectivity index (χ1v) is 11.4. The predicted octanol–water partition coefficient (Wildman–Crippen LogP) is 2.66. The molecule has 0 aliphatic carbocycles. The molecule has 3 N–H and O–H groups in total. The summed E-state index contributed by atoms with van der Waals surface area (Å²) in [7, 11) is 0. The maximum atomic E-state index is 14.0. The average molecular weight is 494 g/mol. The van der Waals surface area contributed by atoms with Crippen LogP contribution in [0.15, 0.2) is 29.2 Å². The SMILES string of the molecule is CCCCOc1c(C(=O)O)n(C[C@H]2N[C@@H](C)CCO2)cc(C(=O)NCc2ccc(F)cc2F)c1=O. The molecule has 1 amide bonds. The smallest absolute Gasteiger partial charge is 0.356 e. The Morgan fingerprint density at radius 3 is 2.77 bits per heavy atom. The molecule has 0 radical (unpaired) electrons. The summed E-state index contributed by atoms with van der Waals surface area (Å²) in [5.74, 6) is -4.29. The van der Waals surface area contributed by atoms with Gasteiger partial charge in [-0.05, 0) is 25.8 Å². The maximum absolute atomic E-state index is 14.0. The Morgan fingerprint density at radius 1 is 1.34 bits per heavy atom. The molecule has 190 valence electrons. The van der Waals surface area contributed by atoms with Crippen LogP contribution in [0.5, 0.6) is 5.75 Å². The lowest BCUT2D eigenvalue weighted by Gasteiger charge is -2.30. The Balaban J connectivity index is 1.96. The van der Waals surface area contributed by atoms with Gasteiger partial charge in [0.25, 0.3) is 5.91 Å². The average Bonchev–Trinajstić information content (AvgIpc) is 2.80. The summed E-state index contributed by atoms with van der Waals surface area (Å²) in [5, 5.41) is 15.5. The third-order valence-electron chi connectivity index (χ3n) is 5.59. The molecule has 1 aliphatic heterocycles. The number of ether oxygens (including phenoxy) is 2. The maximum Gasteiger partial charge on any atom is 0.356 e. The van der Waals surface area contributed by atoms with Gasteiger partial charge < -0.3 is 24.5 Å². The van der Waals surface area contributed by atoms with Crippen LogP contribution >= 0.6 is 0 Å². The van der Waals surface area contributed by atoms with Gasteiger partial charge in [-0.15, -0.1) is 0 Å². The molecule has 1 aromatic carbocycles. The van der Waals surface area contributed by atoms with E-state index in [1.807, 2.05) is 13.8 Å². The molecule has 9 nitrogen and oxygen atoms in total. The lowest BCUT2D eigenvalue weighted by molar-refractivity contribution is -0.0249. The predicted molar refractivity (Wildman–Crippen MR) is 123 cm³/mol.